The number of urea groups is 1. The number of nitrogens with zero attached hydrogens (tertiary/aromatic N) is 3. The highest BCUT2D eigenvalue weighted by molar-refractivity contribution is 9.10. The van der Waals surface area contributed by atoms with Gasteiger partial charge >= 0.3 is 6.03 Å². The van der Waals surface area contributed by atoms with Crippen LogP contribution in [0.4, 0.5) is 4.79 Å². The molecule has 2 aliphatic rings. The highest BCUT2D eigenvalue weighted by Crippen LogP contribution is 2.43. The van der Waals surface area contributed by atoms with Crippen LogP contribution in [0.1, 0.15) is 82.8 Å². The fourth-order valence-corrected chi connectivity index (χ4v) is 6.90. The number of aryl methyl sites for hydroxylation is 1. The fraction of sp³-hybridized carbons (Fsp3) is 0.621. The van der Waals surface area contributed by atoms with Gasteiger partial charge in [-0.1, -0.05) is 56.0 Å². The zero-order valence-electron chi connectivity index (χ0n) is 22.8. The molecule has 38 heavy (non-hydrogen) atoms. The number of fused-ring (bicyclic) bond motifs is 1. The van der Waals surface area contributed by atoms with Crippen molar-refractivity contribution in [3.8, 4) is 0 Å². The van der Waals surface area contributed by atoms with E-state index in [1.54, 1.807) is 4.90 Å². The SMILES string of the molecule is CCCN(CCCC1C(N=CC(C)Br)=C(C)CCc2cc(Cl)cc(Br)c21)C(=O)CC1CCN(C(N)=O)CC1. The Balaban J connectivity index is 1.73. The predicted molar refractivity (Wildman–Crippen MR) is 164 cm³/mol. The number of nitrogens with two attached hydrogens (primary N) is 1. The van der Waals surface area contributed by atoms with E-state index < -0.39 is 0 Å². The van der Waals surface area contributed by atoms with Crippen molar-refractivity contribution >= 4 is 61.6 Å². The number of likely N-dealkylation sites (tertiary alicyclic amines) is 1. The Morgan fingerprint density at radius 1 is 1.26 bits per heavy atom. The third-order valence-electron chi connectivity index (χ3n) is 7.64. The van der Waals surface area contributed by atoms with Crippen LogP contribution in [0.5, 0.6) is 0 Å². The van der Waals surface area contributed by atoms with Crippen molar-refractivity contribution in [1.29, 1.82) is 0 Å². The number of aliphatic imine (C=N–C) groups is 1. The number of hydrogen-bond acceptors (Lipinski definition) is 3. The summed E-state index contributed by atoms with van der Waals surface area (Å²) in [6.07, 6.45) is 8.80. The van der Waals surface area contributed by atoms with Gasteiger partial charge in [-0.25, -0.2) is 4.79 Å². The van der Waals surface area contributed by atoms with E-state index >= 15 is 0 Å². The molecular formula is C29H41Br2ClN4O2. The second kappa shape index (κ2) is 14.8. The molecule has 0 spiro atoms. The Kier molecular flexibility index (Phi) is 12.2. The second-order valence-corrected chi connectivity index (χ2v) is 13.4. The largest absolute Gasteiger partial charge is 0.351 e. The highest BCUT2D eigenvalue weighted by atomic mass is 79.9. The molecule has 1 aromatic carbocycles. The second-order valence-electron chi connectivity index (χ2n) is 10.6. The van der Waals surface area contributed by atoms with E-state index in [4.69, 9.17) is 22.3 Å². The molecule has 2 unspecified atom stereocenters. The molecule has 2 N–H and O–H groups in total. The summed E-state index contributed by atoms with van der Waals surface area (Å²) < 4.78 is 1.03. The molecule has 9 heteroatoms. The topological polar surface area (TPSA) is 79.0 Å². The molecule has 1 aromatic rings. The number of allylic oxidation sites excluding steroid dienone is 2. The molecule has 0 saturated carbocycles. The average molecular weight is 673 g/mol. The van der Waals surface area contributed by atoms with Crippen molar-refractivity contribution in [1.82, 2.24) is 9.80 Å². The Labute approximate surface area is 249 Å². The van der Waals surface area contributed by atoms with Crippen molar-refractivity contribution in [2.24, 2.45) is 16.6 Å². The van der Waals surface area contributed by atoms with Gasteiger partial charge in [-0.05, 0) is 88.0 Å². The monoisotopic (exact) mass is 670 g/mol. The van der Waals surface area contributed by atoms with Crippen molar-refractivity contribution in [2.75, 3.05) is 26.2 Å². The first-order valence-corrected chi connectivity index (χ1v) is 15.9. The molecular weight excluding hydrogens is 632 g/mol. The number of alkyl halides is 1. The summed E-state index contributed by atoms with van der Waals surface area (Å²) in [5.41, 5.74) is 10.4. The standard InChI is InChI=1S/C29H41Br2ClN4O2/c1-4-11-35(26(37)15-21-9-13-36(14-10-21)29(33)38)12-5-6-24-27-22(16-23(32)17-25(27)31)8-7-19(2)28(24)34-18-20(3)30/h16-18,20-21,24H,4-15H2,1-3H3,(H2,33,38). The molecule has 3 rings (SSSR count). The first-order valence-electron chi connectivity index (χ1n) is 13.8. The fourth-order valence-electron chi connectivity index (χ4n) is 5.63. The summed E-state index contributed by atoms with van der Waals surface area (Å²) in [7, 11) is 0. The van der Waals surface area contributed by atoms with Gasteiger partial charge in [0.25, 0.3) is 0 Å². The van der Waals surface area contributed by atoms with Gasteiger partial charge in [0.05, 0.1) is 0 Å². The molecule has 1 heterocycles. The van der Waals surface area contributed by atoms with Crippen molar-refractivity contribution in [3.05, 3.63) is 44.0 Å². The minimum Gasteiger partial charge on any atom is -0.351 e. The Hall–Kier alpha value is -1.38. The number of piperidine rings is 1. The number of benzene rings is 1. The number of rotatable bonds is 10. The van der Waals surface area contributed by atoms with E-state index in [-0.39, 0.29) is 22.7 Å². The lowest BCUT2D eigenvalue weighted by Crippen LogP contribution is -2.43. The Morgan fingerprint density at radius 2 is 1.97 bits per heavy atom. The third kappa shape index (κ3) is 8.56. The first-order chi connectivity index (χ1) is 18.1. The zero-order valence-corrected chi connectivity index (χ0v) is 26.7. The summed E-state index contributed by atoms with van der Waals surface area (Å²) >= 11 is 13.8. The molecule has 0 radical (unpaired) electrons. The molecule has 1 aliphatic heterocycles. The lowest BCUT2D eigenvalue weighted by atomic mass is 9.87. The van der Waals surface area contributed by atoms with Gasteiger partial charge in [0.2, 0.25) is 5.91 Å². The van der Waals surface area contributed by atoms with Crippen LogP contribution < -0.4 is 5.73 Å². The molecule has 6 nitrogen and oxygen atoms in total. The van der Waals surface area contributed by atoms with Crippen molar-refractivity contribution in [3.63, 3.8) is 0 Å². The molecule has 0 aromatic heterocycles. The number of carbonyl (C=O) groups excluding carboxylic acids is 2. The minimum atomic E-state index is -0.366. The molecule has 210 valence electrons. The van der Waals surface area contributed by atoms with E-state index in [1.807, 2.05) is 17.2 Å². The molecule has 0 bridgehead atoms. The van der Waals surface area contributed by atoms with Gasteiger partial charge in [0, 0.05) is 64.8 Å². The first kappa shape index (κ1) is 31.2. The molecule has 1 aliphatic carbocycles. The number of amides is 3. The van der Waals surface area contributed by atoms with Gasteiger partial charge < -0.3 is 15.5 Å². The summed E-state index contributed by atoms with van der Waals surface area (Å²) in [5, 5.41) is 0.745. The molecule has 3 amide bonds. The van der Waals surface area contributed by atoms with Crippen LogP contribution in [0.2, 0.25) is 5.02 Å². The van der Waals surface area contributed by atoms with Crippen molar-refractivity contribution in [2.45, 2.75) is 82.9 Å². The van der Waals surface area contributed by atoms with E-state index in [9.17, 15) is 9.59 Å². The van der Waals surface area contributed by atoms with Crippen molar-refractivity contribution < 1.29 is 9.59 Å². The van der Waals surface area contributed by atoms with E-state index in [2.05, 4.69) is 58.7 Å². The number of primary amides is 1. The average Bonchev–Trinajstić information content (AvgIpc) is 2.98. The third-order valence-corrected chi connectivity index (χ3v) is 8.75. The summed E-state index contributed by atoms with van der Waals surface area (Å²) in [4.78, 5) is 33.6. The van der Waals surface area contributed by atoms with Crippen LogP contribution in [0, 0.1) is 5.92 Å². The molecule has 1 saturated heterocycles. The maximum atomic E-state index is 13.3. The maximum Gasteiger partial charge on any atom is 0.314 e. The highest BCUT2D eigenvalue weighted by Gasteiger charge is 2.28. The molecule has 1 fully saturated rings. The summed E-state index contributed by atoms with van der Waals surface area (Å²) in [6, 6.07) is 3.71. The van der Waals surface area contributed by atoms with Gasteiger partial charge in [-0.2, -0.15) is 0 Å². The Morgan fingerprint density at radius 3 is 2.61 bits per heavy atom. The van der Waals surface area contributed by atoms with Crippen LogP contribution in [-0.4, -0.2) is 59.0 Å². The number of halogens is 3. The lowest BCUT2D eigenvalue weighted by Gasteiger charge is -2.32. The summed E-state index contributed by atoms with van der Waals surface area (Å²) in [5.74, 6) is 0.666. The maximum absolute atomic E-state index is 13.3. The van der Waals surface area contributed by atoms with Gasteiger partial charge in [0.15, 0.2) is 0 Å². The number of carbonyl (C=O) groups is 2. The van der Waals surface area contributed by atoms with Crippen LogP contribution >= 0.6 is 43.5 Å². The van der Waals surface area contributed by atoms with Gasteiger partial charge in [0.1, 0.15) is 0 Å². The summed E-state index contributed by atoms with van der Waals surface area (Å²) in [6.45, 7) is 9.16. The van der Waals surface area contributed by atoms with E-state index in [0.717, 1.165) is 73.2 Å². The lowest BCUT2D eigenvalue weighted by molar-refractivity contribution is -0.132. The minimum absolute atomic E-state index is 0.137. The smallest absolute Gasteiger partial charge is 0.314 e. The van der Waals surface area contributed by atoms with Crippen LogP contribution in [0.3, 0.4) is 0 Å². The Bertz CT molecular complexity index is 1050. The molecule has 2 atom stereocenters. The zero-order chi connectivity index (χ0) is 27.8. The van der Waals surface area contributed by atoms with Crippen LogP contribution in [0.25, 0.3) is 0 Å². The predicted octanol–water partition coefficient (Wildman–Crippen LogP) is 7.46. The van der Waals surface area contributed by atoms with Gasteiger partial charge in [-0.3, -0.25) is 9.79 Å². The van der Waals surface area contributed by atoms with E-state index in [1.165, 1.54) is 16.7 Å². The quantitative estimate of drug-likeness (QED) is 0.207. The normalized spacial score (nSPS) is 19.4. The van der Waals surface area contributed by atoms with Crippen LogP contribution in [-0.2, 0) is 11.2 Å². The van der Waals surface area contributed by atoms with Crippen LogP contribution in [0.15, 0.2) is 32.9 Å². The van der Waals surface area contributed by atoms with Gasteiger partial charge in [-0.15, -0.1) is 0 Å². The number of hydrogen-bond donors (Lipinski definition) is 1. The van der Waals surface area contributed by atoms with E-state index in [0.29, 0.717) is 25.4 Å².